The first-order valence-corrected chi connectivity index (χ1v) is 8.08. The third-order valence-electron chi connectivity index (χ3n) is 4.01. The highest BCUT2D eigenvalue weighted by Gasteiger charge is 2.15. The van der Waals surface area contributed by atoms with Crippen molar-refractivity contribution in [2.75, 3.05) is 5.32 Å². The lowest BCUT2D eigenvalue weighted by Gasteiger charge is -2.12. The Balaban J connectivity index is 2.07. The molecular weight excluding hydrogens is 324 g/mol. The van der Waals surface area contributed by atoms with E-state index < -0.39 is 5.91 Å². The second-order valence-electron chi connectivity index (χ2n) is 5.59. The van der Waals surface area contributed by atoms with Crippen LogP contribution in [-0.4, -0.2) is 10.5 Å². The number of aromatic nitrogens is 1. The van der Waals surface area contributed by atoms with Gasteiger partial charge >= 0.3 is 0 Å². The molecule has 0 unspecified atom stereocenters. The molecule has 0 aliphatic heterocycles. The van der Waals surface area contributed by atoms with Crippen molar-refractivity contribution in [1.82, 2.24) is 4.57 Å². The zero-order valence-corrected chi connectivity index (χ0v) is 14.2. The lowest BCUT2D eigenvalue weighted by atomic mass is 10.1. The minimum Gasteiger partial charge on any atom is -0.347 e. The average Bonchev–Trinajstić information content (AvgIpc) is 2.58. The fraction of sp³-hybridized carbons (Fsp3) is 0.158. The second-order valence-corrected chi connectivity index (χ2v) is 6.02. The van der Waals surface area contributed by atoms with Crippen molar-refractivity contribution in [3.63, 3.8) is 0 Å². The Morgan fingerprint density at radius 3 is 2.67 bits per heavy atom. The van der Waals surface area contributed by atoms with Crippen molar-refractivity contribution >= 4 is 34.1 Å². The number of nitrogens with one attached hydrogen (secondary N) is 1. The van der Waals surface area contributed by atoms with Gasteiger partial charge in [-0.15, -0.1) is 0 Å². The maximum atomic E-state index is 12.7. The number of para-hydroxylation sites is 1. The van der Waals surface area contributed by atoms with Crippen molar-refractivity contribution in [3.05, 3.63) is 75.0 Å². The minimum atomic E-state index is -0.418. The Kier molecular flexibility index (Phi) is 4.40. The molecule has 1 heterocycles. The molecule has 0 spiro atoms. The molecule has 0 radical (unpaired) electrons. The van der Waals surface area contributed by atoms with Crippen LogP contribution >= 0.6 is 11.6 Å². The topological polar surface area (TPSA) is 51.1 Å². The van der Waals surface area contributed by atoms with Gasteiger partial charge in [0.05, 0.1) is 5.52 Å². The van der Waals surface area contributed by atoms with E-state index in [2.05, 4.69) is 5.32 Å². The average molecular weight is 341 g/mol. The minimum absolute atomic E-state index is 0.130. The highest BCUT2D eigenvalue weighted by molar-refractivity contribution is 6.30. The van der Waals surface area contributed by atoms with E-state index in [1.165, 1.54) is 0 Å². The van der Waals surface area contributed by atoms with Gasteiger partial charge in [-0.2, -0.15) is 0 Å². The van der Waals surface area contributed by atoms with E-state index in [0.717, 1.165) is 11.1 Å². The molecule has 0 atom stereocenters. The van der Waals surface area contributed by atoms with Crippen molar-refractivity contribution in [2.45, 2.75) is 20.4 Å². The monoisotopic (exact) mass is 340 g/mol. The maximum absolute atomic E-state index is 12.7. The SMILES string of the molecule is CCn1cc(C(=O)Nc2ccc(Cl)cc2C)c(=O)c2ccccc21. The number of carbonyl (C=O) groups excluding carboxylic acids is 1. The van der Waals surface area contributed by atoms with Gasteiger partial charge in [0.25, 0.3) is 5.91 Å². The molecule has 0 bridgehead atoms. The molecule has 5 heteroatoms. The number of fused-ring (bicyclic) bond motifs is 1. The van der Waals surface area contributed by atoms with Crippen molar-refractivity contribution in [1.29, 1.82) is 0 Å². The van der Waals surface area contributed by atoms with E-state index in [-0.39, 0.29) is 11.0 Å². The van der Waals surface area contributed by atoms with Gasteiger partial charge in [-0.1, -0.05) is 23.7 Å². The lowest BCUT2D eigenvalue weighted by Crippen LogP contribution is -2.24. The van der Waals surface area contributed by atoms with Gasteiger partial charge in [-0.3, -0.25) is 9.59 Å². The molecule has 0 aliphatic carbocycles. The molecule has 3 aromatic rings. The predicted octanol–water partition coefficient (Wildman–Crippen LogP) is 4.24. The number of benzene rings is 2. The standard InChI is InChI=1S/C19H17ClN2O2/c1-3-22-11-15(18(23)14-6-4-5-7-17(14)22)19(24)21-16-9-8-13(20)10-12(16)2/h4-11H,3H2,1-2H3,(H,21,24). The summed E-state index contributed by atoms with van der Waals surface area (Å²) in [4.78, 5) is 25.3. The molecule has 3 rings (SSSR count). The molecule has 1 aromatic heterocycles. The van der Waals surface area contributed by atoms with Crippen LogP contribution in [0.1, 0.15) is 22.8 Å². The van der Waals surface area contributed by atoms with Gasteiger partial charge in [-0.05, 0) is 49.7 Å². The largest absolute Gasteiger partial charge is 0.347 e. The quantitative estimate of drug-likeness (QED) is 0.775. The molecule has 0 saturated carbocycles. The summed E-state index contributed by atoms with van der Waals surface area (Å²) in [7, 11) is 0. The lowest BCUT2D eigenvalue weighted by molar-refractivity contribution is 0.102. The van der Waals surface area contributed by atoms with Crippen LogP contribution in [0.15, 0.2) is 53.5 Å². The summed E-state index contributed by atoms with van der Waals surface area (Å²) < 4.78 is 1.90. The summed E-state index contributed by atoms with van der Waals surface area (Å²) in [5.41, 5.74) is 2.17. The first-order chi connectivity index (χ1) is 11.5. The number of hydrogen-bond acceptors (Lipinski definition) is 2. The van der Waals surface area contributed by atoms with Crippen LogP contribution in [0.3, 0.4) is 0 Å². The molecule has 4 nitrogen and oxygen atoms in total. The number of anilines is 1. The Labute approximate surface area is 144 Å². The van der Waals surface area contributed by atoms with Gasteiger partial charge < -0.3 is 9.88 Å². The molecule has 2 aromatic carbocycles. The van der Waals surface area contributed by atoms with Crippen LogP contribution in [-0.2, 0) is 6.54 Å². The molecule has 24 heavy (non-hydrogen) atoms. The number of hydrogen-bond donors (Lipinski definition) is 1. The zero-order chi connectivity index (χ0) is 17.3. The third kappa shape index (κ3) is 2.93. The molecule has 1 amide bonds. The molecule has 0 fully saturated rings. The highest BCUT2D eigenvalue weighted by Crippen LogP contribution is 2.20. The van der Waals surface area contributed by atoms with Crippen molar-refractivity contribution < 1.29 is 4.79 Å². The highest BCUT2D eigenvalue weighted by atomic mass is 35.5. The molecule has 1 N–H and O–H groups in total. The van der Waals surface area contributed by atoms with E-state index in [0.29, 0.717) is 22.6 Å². The number of halogens is 1. The maximum Gasteiger partial charge on any atom is 0.261 e. The molecule has 0 saturated heterocycles. The Morgan fingerprint density at radius 2 is 1.96 bits per heavy atom. The number of amides is 1. The fourth-order valence-corrected chi connectivity index (χ4v) is 2.95. The smallest absolute Gasteiger partial charge is 0.261 e. The number of rotatable bonds is 3. The van der Waals surface area contributed by atoms with Gasteiger partial charge in [0, 0.05) is 28.8 Å². The van der Waals surface area contributed by atoms with E-state index in [1.54, 1.807) is 36.5 Å². The Bertz CT molecular complexity index is 992. The van der Waals surface area contributed by atoms with Crippen LogP contribution in [0.4, 0.5) is 5.69 Å². The van der Waals surface area contributed by atoms with Gasteiger partial charge in [0.15, 0.2) is 0 Å². The third-order valence-corrected chi connectivity index (χ3v) is 4.24. The Hall–Kier alpha value is -2.59. The first kappa shape index (κ1) is 16.3. The van der Waals surface area contributed by atoms with Crippen LogP contribution in [0.25, 0.3) is 10.9 Å². The first-order valence-electron chi connectivity index (χ1n) is 7.71. The van der Waals surface area contributed by atoms with Crippen molar-refractivity contribution in [3.8, 4) is 0 Å². The van der Waals surface area contributed by atoms with E-state index in [9.17, 15) is 9.59 Å². The summed E-state index contributed by atoms with van der Waals surface area (Å²) in [6, 6.07) is 12.5. The van der Waals surface area contributed by atoms with Gasteiger partial charge in [0.1, 0.15) is 5.56 Å². The van der Waals surface area contributed by atoms with E-state index in [4.69, 9.17) is 11.6 Å². The molecular formula is C19H17ClN2O2. The summed E-state index contributed by atoms with van der Waals surface area (Å²) in [6.45, 7) is 4.50. The van der Waals surface area contributed by atoms with Crippen LogP contribution < -0.4 is 10.7 Å². The fourth-order valence-electron chi connectivity index (χ4n) is 2.73. The van der Waals surface area contributed by atoms with Crippen LogP contribution in [0, 0.1) is 6.92 Å². The van der Waals surface area contributed by atoms with Gasteiger partial charge in [0.2, 0.25) is 5.43 Å². The normalized spacial score (nSPS) is 10.8. The predicted molar refractivity (Wildman–Crippen MR) is 98.0 cm³/mol. The second kappa shape index (κ2) is 6.49. The summed E-state index contributed by atoms with van der Waals surface area (Å²) >= 11 is 5.93. The Morgan fingerprint density at radius 1 is 1.21 bits per heavy atom. The summed E-state index contributed by atoms with van der Waals surface area (Å²) in [6.07, 6.45) is 1.62. The number of pyridine rings is 1. The van der Waals surface area contributed by atoms with Crippen LogP contribution in [0.5, 0.6) is 0 Å². The van der Waals surface area contributed by atoms with E-state index >= 15 is 0 Å². The summed E-state index contributed by atoms with van der Waals surface area (Å²) in [5, 5.41) is 3.94. The van der Waals surface area contributed by atoms with Crippen LogP contribution in [0.2, 0.25) is 5.02 Å². The number of carbonyl (C=O) groups is 1. The van der Waals surface area contributed by atoms with Crippen molar-refractivity contribution in [2.24, 2.45) is 0 Å². The molecule has 122 valence electrons. The zero-order valence-electron chi connectivity index (χ0n) is 13.5. The van der Waals surface area contributed by atoms with Gasteiger partial charge in [-0.25, -0.2) is 0 Å². The summed E-state index contributed by atoms with van der Waals surface area (Å²) in [5.74, 6) is -0.418. The number of nitrogens with zero attached hydrogens (tertiary/aromatic N) is 1. The van der Waals surface area contributed by atoms with E-state index in [1.807, 2.05) is 30.5 Å². The number of aryl methyl sites for hydroxylation is 2. The molecule has 0 aliphatic rings.